The van der Waals surface area contributed by atoms with E-state index >= 15 is 0 Å². The maximum atomic E-state index is 12.4. The van der Waals surface area contributed by atoms with Gasteiger partial charge in [-0.15, -0.1) is 0 Å². The zero-order valence-electron chi connectivity index (χ0n) is 11.4. The van der Waals surface area contributed by atoms with E-state index in [1.807, 2.05) is 32.0 Å². The van der Waals surface area contributed by atoms with Crippen molar-refractivity contribution in [2.75, 3.05) is 10.6 Å². The normalized spacial score (nSPS) is 10.4. The predicted molar refractivity (Wildman–Crippen MR) is 85.1 cm³/mol. The molecule has 0 bridgehead atoms. The molecule has 5 heteroatoms. The molecule has 0 radical (unpaired) electrons. The van der Waals surface area contributed by atoms with Crippen LogP contribution in [0.3, 0.4) is 0 Å². The smallest absolute Gasteiger partial charge is 0.257 e. The molecule has 0 saturated carbocycles. The number of nitrogens with one attached hydrogen (secondary N) is 2. The second-order valence-corrected chi connectivity index (χ2v) is 5.39. The molecule has 1 aromatic heterocycles. The van der Waals surface area contributed by atoms with E-state index in [4.69, 9.17) is 0 Å². The number of carbonyl (C=O) groups excluding carboxylic acids is 1. The molecule has 0 aliphatic heterocycles. The quantitative estimate of drug-likeness (QED) is 0.834. The van der Waals surface area contributed by atoms with E-state index in [0.29, 0.717) is 15.9 Å². The number of anilines is 2. The number of benzene rings is 1. The second-order valence-electron chi connectivity index (χ2n) is 4.64. The number of pyridine rings is 1. The van der Waals surface area contributed by atoms with Crippen molar-refractivity contribution < 1.29 is 4.79 Å². The van der Waals surface area contributed by atoms with E-state index in [0.717, 1.165) is 5.69 Å². The standard InChI is InChI=1S/C15H16BrN3O/c1-10(2)18-12-7-4-3-6-11(12)15(20)19-13-8-5-9-17-14(13)16/h3-10,18H,1-2H3,(H,19,20). The highest BCUT2D eigenvalue weighted by molar-refractivity contribution is 9.10. The molecule has 0 spiro atoms. The van der Waals surface area contributed by atoms with Crippen LogP contribution in [0.4, 0.5) is 11.4 Å². The molecule has 2 rings (SSSR count). The zero-order valence-corrected chi connectivity index (χ0v) is 12.9. The van der Waals surface area contributed by atoms with Crippen LogP contribution >= 0.6 is 15.9 Å². The minimum atomic E-state index is -0.164. The van der Waals surface area contributed by atoms with Gasteiger partial charge in [0.1, 0.15) is 4.60 Å². The van der Waals surface area contributed by atoms with Gasteiger partial charge in [0.15, 0.2) is 0 Å². The summed E-state index contributed by atoms with van der Waals surface area (Å²) >= 11 is 3.31. The number of amides is 1. The Balaban J connectivity index is 2.23. The Labute approximate surface area is 126 Å². The molecule has 1 heterocycles. The first kappa shape index (κ1) is 14.5. The molecular formula is C15H16BrN3O. The number of hydrogen-bond donors (Lipinski definition) is 2. The summed E-state index contributed by atoms with van der Waals surface area (Å²) < 4.78 is 0.614. The van der Waals surface area contributed by atoms with Gasteiger partial charge < -0.3 is 10.6 Å². The number of aromatic nitrogens is 1. The van der Waals surface area contributed by atoms with Crippen LogP contribution in [-0.4, -0.2) is 16.9 Å². The highest BCUT2D eigenvalue weighted by atomic mass is 79.9. The molecule has 2 aromatic rings. The van der Waals surface area contributed by atoms with Crippen molar-refractivity contribution >= 4 is 33.2 Å². The van der Waals surface area contributed by atoms with E-state index in [2.05, 4.69) is 31.5 Å². The lowest BCUT2D eigenvalue weighted by atomic mass is 10.1. The van der Waals surface area contributed by atoms with Gasteiger partial charge >= 0.3 is 0 Å². The highest BCUT2D eigenvalue weighted by Crippen LogP contribution is 2.22. The van der Waals surface area contributed by atoms with Crippen LogP contribution in [0.1, 0.15) is 24.2 Å². The molecule has 104 valence electrons. The van der Waals surface area contributed by atoms with Gasteiger partial charge in [-0.25, -0.2) is 4.98 Å². The average Bonchev–Trinajstić information content (AvgIpc) is 2.41. The van der Waals surface area contributed by atoms with Gasteiger partial charge in [-0.3, -0.25) is 4.79 Å². The Morgan fingerprint density at radius 2 is 1.85 bits per heavy atom. The van der Waals surface area contributed by atoms with E-state index in [1.54, 1.807) is 24.4 Å². The maximum Gasteiger partial charge on any atom is 0.257 e. The Bertz CT molecular complexity index is 614. The molecule has 20 heavy (non-hydrogen) atoms. The van der Waals surface area contributed by atoms with Gasteiger partial charge in [0, 0.05) is 17.9 Å². The SMILES string of the molecule is CC(C)Nc1ccccc1C(=O)Nc1cccnc1Br. The summed E-state index contributed by atoms with van der Waals surface area (Å²) in [5.74, 6) is -0.164. The van der Waals surface area contributed by atoms with E-state index in [-0.39, 0.29) is 11.9 Å². The summed E-state index contributed by atoms with van der Waals surface area (Å²) in [4.78, 5) is 16.5. The summed E-state index contributed by atoms with van der Waals surface area (Å²) in [6.45, 7) is 4.07. The number of nitrogens with zero attached hydrogens (tertiary/aromatic N) is 1. The molecule has 2 N–H and O–H groups in total. The first-order chi connectivity index (χ1) is 9.58. The van der Waals surface area contributed by atoms with Crippen molar-refractivity contribution in [1.29, 1.82) is 0 Å². The van der Waals surface area contributed by atoms with Crippen molar-refractivity contribution in [2.45, 2.75) is 19.9 Å². The first-order valence-electron chi connectivity index (χ1n) is 6.35. The van der Waals surface area contributed by atoms with Crippen LogP contribution in [0.5, 0.6) is 0 Å². The summed E-state index contributed by atoms with van der Waals surface area (Å²) in [5, 5.41) is 6.12. The summed E-state index contributed by atoms with van der Waals surface area (Å²) in [5.41, 5.74) is 2.08. The van der Waals surface area contributed by atoms with Crippen molar-refractivity contribution in [3.63, 3.8) is 0 Å². The van der Waals surface area contributed by atoms with Gasteiger partial charge in [-0.05, 0) is 54.0 Å². The first-order valence-corrected chi connectivity index (χ1v) is 7.14. The van der Waals surface area contributed by atoms with Gasteiger partial charge in [0.05, 0.1) is 11.3 Å². The third kappa shape index (κ3) is 3.57. The summed E-state index contributed by atoms with van der Waals surface area (Å²) in [7, 11) is 0. The third-order valence-electron chi connectivity index (χ3n) is 2.62. The molecule has 0 aliphatic rings. The molecule has 1 amide bonds. The number of hydrogen-bond acceptors (Lipinski definition) is 3. The van der Waals surface area contributed by atoms with Gasteiger partial charge in [0.2, 0.25) is 0 Å². The van der Waals surface area contributed by atoms with E-state index < -0.39 is 0 Å². The van der Waals surface area contributed by atoms with Crippen molar-refractivity contribution in [2.24, 2.45) is 0 Å². The van der Waals surface area contributed by atoms with Crippen LogP contribution in [0.25, 0.3) is 0 Å². The van der Waals surface area contributed by atoms with Crippen molar-refractivity contribution in [3.05, 3.63) is 52.8 Å². The van der Waals surface area contributed by atoms with Crippen molar-refractivity contribution in [1.82, 2.24) is 4.98 Å². The monoisotopic (exact) mass is 333 g/mol. The molecule has 0 unspecified atom stereocenters. The Hall–Kier alpha value is -1.88. The molecule has 0 fully saturated rings. The number of carbonyl (C=O) groups is 1. The molecule has 0 saturated heterocycles. The van der Waals surface area contributed by atoms with E-state index in [9.17, 15) is 4.79 Å². The topological polar surface area (TPSA) is 54.0 Å². The highest BCUT2D eigenvalue weighted by Gasteiger charge is 2.13. The van der Waals surface area contributed by atoms with Crippen LogP contribution in [0, 0.1) is 0 Å². The fraction of sp³-hybridized carbons (Fsp3) is 0.200. The Morgan fingerprint density at radius 1 is 1.15 bits per heavy atom. The third-order valence-corrected chi connectivity index (χ3v) is 3.26. The lowest BCUT2D eigenvalue weighted by Crippen LogP contribution is -2.18. The molecule has 0 aliphatic carbocycles. The number of para-hydroxylation sites is 1. The van der Waals surface area contributed by atoms with E-state index in [1.165, 1.54) is 0 Å². The van der Waals surface area contributed by atoms with Crippen LogP contribution < -0.4 is 10.6 Å². The Morgan fingerprint density at radius 3 is 2.55 bits per heavy atom. The van der Waals surface area contributed by atoms with Gasteiger partial charge in [0.25, 0.3) is 5.91 Å². The minimum absolute atomic E-state index is 0.164. The van der Waals surface area contributed by atoms with Gasteiger partial charge in [-0.1, -0.05) is 12.1 Å². The van der Waals surface area contributed by atoms with Crippen LogP contribution in [0.2, 0.25) is 0 Å². The molecule has 1 aromatic carbocycles. The van der Waals surface area contributed by atoms with Crippen LogP contribution in [0.15, 0.2) is 47.2 Å². The second kappa shape index (κ2) is 6.52. The lowest BCUT2D eigenvalue weighted by molar-refractivity contribution is 0.102. The predicted octanol–water partition coefficient (Wildman–Crippen LogP) is 3.92. The molecular weight excluding hydrogens is 318 g/mol. The zero-order chi connectivity index (χ0) is 14.5. The fourth-order valence-electron chi connectivity index (χ4n) is 1.79. The molecule has 0 atom stereocenters. The largest absolute Gasteiger partial charge is 0.382 e. The summed E-state index contributed by atoms with van der Waals surface area (Å²) in [6.07, 6.45) is 1.66. The molecule has 4 nitrogen and oxygen atoms in total. The van der Waals surface area contributed by atoms with Crippen molar-refractivity contribution in [3.8, 4) is 0 Å². The number of halogens is 1. The number of rotatable bonds is 4. The van der Waals surface area contributed by atoms with Crippen LogP contribution in [-0.2, 0) is 0 Å². The average molecular weight is 334 g/mol. The summed E-state index contributed by atoms with van der Waals surface area (Å²) in [6, 6.07) is 11.3. The minimum Gasteiger partial charge on any atom is -0.382 e. The fourth-order valence-corrected chi connectivity index (χ4v) is 2.14. The van der Waals surface area contributed by atoms with Gasteiger partial charge in [-0.2, -0.15) is 0 Å². The Kier molecular flexibility index (Phi) is 4.74. The maximum absolute atomic E-state index is 12.4. The lowest BCUT2D eigenvalue weighted by Gasteiger charge is -2.14.